The summed E-state index contributed by atoms with van der Waals surface area (Å²) in [4.78, 5) is 42.4. The summed E-state index contributed by atoms with van der Waals surface area (Å²) in [6, 6.07) is 0. The molecule has 2 aliphatic rings. The van der Waals surface area contributed by atoms with Gasteiger partial charge in [-0.2, -0.15) is 0 Å². The second-order valence-corrected chi connectivity index (χ2v) is 8.88. The van der Waals surface area contributed by atoms with Crippen LogP contribution in [-0.2, 0) is 38.1 Å². The third-order valence-corrected chi connectivity index (χ3v) is 3.61. The molecule has 200 valence electrons. The van der Waals surface area contributed by atoms with E-state index in [1.54, 1.807) is 6.92 Å². The van der Waals surface area contributed by atoms with Crippen LogP contribution in [0.2, 0.25) is 0 Å². The van der Waals surface area contributed by atoms with Crippen molar-refractivity contribution < 1.29 is 38.1 Å². The Bertz CT molecular complexity index is 659. The maximum absolute atomic E-state index is 11.4. The van der Waals surface area contributed by atoms with Gasteiger partial charge in [-0.25, -0.2) is 9.59 Å². The van der Waals surface area contributed by atoms with Gasteiger partial charge in [0.2, 0.25) is 0 Å². The van der Waals surface area contributed by atoms with E-state index in [0.717, 1.165) is 12.2 Å². The van der Waals surface area contributed by atoms with Crippen LogP contribution >= 0.6 is 17.9 Å². The van der Waals surface area contributed by atoms with Crippen molar-refractivity contribution in [3.63, 3.8) is 0 Å². The van der Waals surface area contributed by atoms with Crippen molar-refractivity contribution >= 4 is 41.7 Å². The Hall–Kier alpha value is -1.62. The lowest BCUT2D eigenvalue weighted by Crippen LogP contribution is -2.29. The van der Waals surface area contributed by atoms with Crippen LogP contribution in [0, 0.1) is 11.8 Å². The molecule has 34 heavy (non-hydrogen) atoms. The van der Waals surface area contributed by atoms with E-state index in [1.165, 1.54) is 6.26 Å². The van der Waals surface area contributed by atoms with Gasteiger partial charge in [-0.3, -0.25) is 9.59 Å². The summed E-state index contributed by atoms with van der Waals surface area (Å²) >= 11 is 0. The summed E-state index contributed by atoms with van der Waals surface area (Å²) in [5.74, 6) is -2.70. The molecule has 0 amide bonds. The first-order chi connectivity index (χ1) is 14.6. The zero-order valence-corrected chi connectivity index (χ0v) is 22.6. The van der Waals surface area contributed by atoms with Crippen LogP contribution in [0.25, 0.3) is 0 Å². The minimum absolute atomic E-state index is 0. The molecule has 1 fully saturated rings. The van der Waals surface area contributed by atoms with E-state index in [-0.39, 0.29) is 44.0 Å². The highest BCUT2D eigenvalue weighted by Crippen LogP contribution is 2.29. The van der Waals surface area contributed by atoms with Crippen molar-refractivity contribution in [2.24, 2.45) is 11.8 Å². The first-order valence-corrected chi connectivity index (χ1v) is 12.7. The largest absolute Gasteiger partial charge is 0.496 e. The molecule has 0 spiro atoms. The molecule has 0 saturated carbocycles. The van der Waals surface area contributed by atoms with Gasteiger partial charge in [-0.15, -0.1) is 17.9 Å². The number of hydrogen-bond donors (Lipinski definition) is 0. The van der Waals surface area contributed by atoms with Crippen LogP contribution in [-0.4, -0.2) is 41.2 Å². The number of esters is 4. The molecule has 0 aromatic carbocycles. The molecule has 0 radical (unpaired) electrons. The fraction of sp³-hybridized carbons (Fsp3) is 0.667. The monoisotopic (exact) mass is 524 g/mol. The quantitative estimate of drug-likeness (QED) is 0.208. The molecule has 2 heterocycles. The summed E-state index contributed by atoms with van der Waals surface area (Å²) in [5.41, 5.74) is -0.309. The molecule has 0 aromatic heterocycles. The minimum Gasteiger partial charge on any atom is -0.496 e. The second-order valence-electron chi connectivity index (χ2n) is 8.88. The van der Waals surface area contributed by atoms with E-state index >= 15 is 0 Å². The number of rotatable bonds is 4. The summed E-state index contributed by atoms with van der Waals surface area (Å²) in [6.07, 6.45) is 4.10. The van der Waals surface area contributed by atoms with Crippen molar-refractivity contribution in [3.8, 4) is 0 Å². The highest BCUT2D eigenvalue weighted by atomic mass is 32.0. The maximum atomic E-state index is 11.4. The lowest BCUT2D eigenvalue weighted by molar-refractivity contribution is -0.154. The van der Waals surface area contributed by atoms with Gasteiger partial charge in [0.05, 0.1) is 35.4 Å². The smallest absolute Gasteiger partial charge is 0.338 e. The van der Waals surface area contributed by atoms with Crippen LogP contribution < -0.4 is 0 Å². The van der Waals surface area contributed by atoms with E-state index in [4.69, 9.17) is 9.47 Å². The molecule has 8 nitrogen and oxygen atoms in total. The Morgan fingerprint density at radius 3 is 1.59 bits per heavy atom. The van der Waals surface area contributed by atoms with E-state index in [1.807, 2.05) is 48.5 Å². The highest BCUT2D eigenvalue weighted by molar-refractivity contribution is 7.92. The molecule has 2 aliphatic heterocycles. The number of ether oxygens (including phenoxy) is 4. The molecule has 2 rings (SSSR count). The maximum Gasteiger partial charge on any atom is 0.338 e. The standard InChI is InChI=1S/C12H20O4.C6H12O.C4H2O3.2CH4.H4P2/c1-7(16-12(3,4)5)6-9-8(2)10(13)15-11(9)14;1-5-7-6(2,3)4;5-3-1-2-4(6)7-3;;;1-2/h7-9H,6H2,1-5H3;5H,1H2,2-4H3;1-2H;2*1H4;1-2H2. The first-order valence-electron chi connectivity index (χ1n) is 10.0. The predicted octanol–water partition coefficient (Wildman–Crippen LogP) is 5.41. The van der Waals surface area contributed by atoms with Crippen LogP contribution in [0.4, 0.5) is 0 Å². The molecule has 5 unspecified atom stereocenters. The molecular formula is C24H46O8P2. The summed E-state index contributed by atoms with van der Waals surface area (Å²) in [5, 5.41) is 0. The number of carbonyl (C=O) groups is 4. The average Bonchev–Trinajstić information content (AvgIpc) is 3.11. The van der Waals surface area contributed by atoms with Crippen molar-refractivity contribution in [3.05, 3.63) is 25.0 Å². The lowest BCUT2D eigenvalue weighted by atomic mass is 9.91. The SMILES string of the molecule is C.C.C=COC(C)(C)C.CC(CC1C(=O)OC(=O)C1C)OC(C)(C)C.O=C1C=CC(=O)O1.PP. The number of hydrogen-bond acceptors (Lipinski definition) is 8. The van der Waals surface area contributed by atoms with Crippen LogP contribution in [0.1, 0.15) is 76.7 Å². The Balaban J connectivity index is -0.000000210. The third kappa shape index (κ3) is 19.8. The van der Waals surface area contributed by atoms with Gasteiger partial charge in [0.25, 0.3) is 0 Å². The minimum atomic E-state index is -0.579. The summed E-state index contributed by atoms with van der Waals surface area (Å²) < 4.78 is 19.3. The molecule has 0 aliphatic carbocycles. The summed E-state index contributed by atoms with van der Waals surface area (Å²) in [6.45, 7) is 18.9. The zero-order chi connectivity index (χ0) is 25.7. The summed E-state index contributed by atoms with van der Waals surface area (Å²) in [7, 11) is 4.67. The second kappa shape index (κ2) is 18.7. The van der Waals surface area contributed by atoms with Crippen molar-refractivity contribution in [1.29, 1.82) is 0 Å². The number of cyclic esters (lactones) is 4. The van der Waals surface area contributed by atoms with E-state index in [9.17, 15) is 19.2 Å². The van der Waals surface area contributed by atoms with Crippen LogP contribution in [0.15, 0.2) is 25.0 Å². The molecule has 5 atom stereocenters. The molecule has 0 aromatic rings. The van der Waals surface area contributed by atoms with Gasteiger partial charge in [-0.1, -0.05) is 28.4 Å². The van der Waals surface area contributed by atoms with Gasteiger partial charge in [-0.05, 0) is 54.9 Å². The third-order valence-electron chi connectivity index (χ3n) is 3.61. The Labute approximate surface area is 210 Å². The molecular weight excluding hydrogens is 478 g/mol. The fourth-order valence-corrected chi connectivity index (χ4v) is 2.50. The molecule has 1 saturated heterocycles. The van der Waals surface area contributed by atoms with Gasteiger partial charge in [0.15, 0.2) is 0 Å². The van der Waals surface area contributed by atoms with Crippen molar-refractivity contribution in [1.82, 2.24) is 0 Å². The van der Waals surface area contributed by atoms with Crippen molar-refractivity contribution in [2.45, 2.75) is 94.0 Å². The molecule has 10 heteroatoms. The number of carbonyl (C=O) groups excluding carboxylic acids is 4. The van der Waals surface area contributed by atoms with Gasteiger partial charge >= 0.3 is 23.9 Å². The fourth-order valence-electron chi connectivity index (χ4n) is 2.50. The molecule has 0 bridgehead atoms. The normalized spacial score (nSPS) is 19.2. The van der Waals surface area contributed by atoms with Gasteiger partial charge in [0.1, 0.15) is 0 Å². The van der Waals surface area contributed by atoms with Crippen LogP contribution in [0.3, 0.4) is 0 Å². The van der Waals surface area contributed by atoms with E-state index in [0.29, 0.717) is 6.42 Å². The van der Waals surface area contributed by atoms with Gasteiger partial charge in [0, 0.05) is 12.2 Å². The Morgan fingerprint density at radius 2 is 1.38 bits per heavy atom. The lowest BCUT2D eigenvalue weighted by Gasteiger charge is -2.26. The zero-order valence-electron chi connectivity index (χ0n) is 20.3. The van der Waals surface area contributed by atoms with Gasteiger partial charge < -0.3 is 18.9 Å². The van der Waals surface area contributed by atoms with Crippen molar-refractivity contribution in [2.75, 3.05) is 0 Å². The Kier molecular flexibility index (Phi) is 21.7. The van der Waals surface area contributed by atoms with E-state index < -0.39 is 23.9 Å². The topological polar surface area (TPSA) is 105 Å². The predicted molar refractivity (Wildman–Crippen MR) is 143 cm³/mol. The average molecular weight is 525 g/mol. The first kappa shape index (κ1) is 39.6. The molecule has 0 N–H and O–H groups in total. The Morgan fingerprint density at radius 1 is 0.941 bits per heavy atom. The van der Waals surface area contributed by atoms with E-state index in [2.05, 4.69) is 33.9 Å². The van der Waals surface area contributed by atoms with Crippen LogP contribution in [0.5, 0.6) is 0 Å². The highest BCUT2D eigenvalue weighted by Gasteiger charge is 2.42.